The number of anilines is 3. The lowest BCUT2D eigenvalue weighted by atomic mass is 10.2. The first kappa shape index (κ1) is 16.4. The van der Waals surface area contributed by atoms with Crippen LogP contribution in [0.2, 0.25) is 5.02 Å². The highest BCUT2D eigenvalue weighted by molar-refractivity contribution is 6.33. The Hall–Kier alpha value is -3.43. The molecule has 0 aliphatic rings. The molecule has 0 saturated heterocycles. The van der Waals surface area contributed by atoms with Crippen molar-refractivity contribution < 1.29 is 4.79 Å². The molecule has 1 aromatic heterocycles. The van der Waals surface area contributed by atoms with Crippen LogP contribution in [-0.2, 0) is 0 Å². The lowest BCUT2D eigenvalue weighted by molar-refractivity contribution is 0.102. The Labute approximate surface area is 149 Å². The number of benzene rings is 2. The van der Waals surface area contributed by atoms with E-state index in [1.54, 1.807) is 36.4 Å². The molecule has 2 aromatic carbocycles. The SMILES string of the molecule is N#Cc1ccccc1NC(=O)c1cnc(Nc2ccccc2Cl)nc1. The normalized spacial score (nSPS) is 9.92. The van der Waals surface area contributed by atoms with Gasteiger partial charge in [-0.15, -0.1) is 0 Å². The highest BCUT2D eigenvalue weighted by Gasteiger charge is 2.10. The minimum Gasteiger partial charge on any atom is -0.323 e. The number of hydrogen-bond donors (Lipinski definition) is 2. The number of carbonyl (C=O) groups is 1. The Morgan fingerprint density at radius 3 is 2.32 bits per heavy atom. The van der Waals surface area contributed by atoms with Gasteiger partial charge >= 0.3 is 0 Å². The van der Waals surface area contributed by atoms with E-state index in [9.17, 15) is 4.79 Å². The molecule has 0 aliphatic heterocycles. The molecule has 0 bridgehead atoms. The smallest absolute Gasteiger partial charge is 0.258 e. The summed E-state index contributed by atoms with van der Waals surface area (Å²) >= 11 is 6.07. The maximum Gasteiger partial charge on any atom is 0.258 e. The number of rotatable bonds is 4. The molecular formula is C18H12ClN5O. The molecule has 0 fully saturated rings. The number of halogens is 1. The van der Waals surface area contributed by atoms with Gasteiger partial charge in [0.05, 0.1) is 27.5 Å². The van der Waals surface area contributed by atoms with Crippen molar-refractivity contribution in [3.8, 4) is 6.07 Å². The largest absolute Gasteiger partial charge is 0.323 e. The molecule has 0 atom stereocenters. The zero-order chi connectivity index (χ0) is 17.6. The molecule has 3 aromatic rings. The average Bonchev–Trinajstić information content (AvgIpc) is 2.64. The Morgan fingerprint density at radius 1 is 1.00 bits per heavy atom. The Kier molecular flexibility index (Phi) is 4.88. The van der Waals surface area contributed by atoms with Crippen LogP contribution in [0.3, 0.4) is 0 Å². The van der Waals surface area contributed by atoms with Crippen LogP contribution in [0.1, 0.15) is 15.9 Å². The van der Waals surface area contributed by atoms with E-state index in [1.807, 2.05) is 18.2 Å². The summed E-state index contributed by atoms with van der Waals surface area (Å²) in [6.07, 6.45) is 2.80. The zero-order valence-electron chi connectivity index (χ0n) is 12.9. The maximum absolute atomic E-state index is 12.3. The molecular weight excluding hydrogens is 338 g/mol. The summed E-state index contributed by atoms with van der Waals surface area (Å²) < 4.78 is 0. The number of carbonyl (C=O) groups excluding carboxylic acids is 1. The number of nitrogens with zero attached hydrogens (tertiary/aromatic N) is 3. The van der Waals surface area contributed by atoms with E-state index in [0.29, 0.717) is 27.9 Å². The van der Waals surface area contributed by atoms with E-state index in [-0.39, 0.29) is 5.56 Å². The highest BCUT2D eigenvalue weighted by atomic mass is 35.5. The van der Waals surface area contributed by atoms with E-state index in [2.05, 4.69) is 20.6 Å². The van der Waals surface area contributed by atoms with Crippen molar-refractivity contribution in [3.63, 3.8) is 0 Å². The van der Waals surface area contributed by atoms with Crippen LogP contribution in [0.25, 0.3) is 0 Å². The molecule has 0 radical (unpaired) electrons. The molecule has 3 rings (SSSR count). The fourth-order valence-corrected chi connectivity index (χ4v) is 2.26. The fraction of sp³-hybridized carbons (Fsp3) is 0. The summed E-state index contributed by atoms with van der Waals surface area (Å²) in [4.78, 5) is 20.5. The lowest BCUT2D eigenvalue weighted by Crippen LogP contribution is -2.14. The van der Waals surface area contributed by atoms with E-state index in [4.69, 9.17) is 16.9 Å². The molecule has 2 N–H and O–H groups in total. The molecule has 0 aliphatic carbocycles. The predicted octanol–water partition coefficient (Wildman–Crippen LogP) is 4.00. The van der Waals surface area contributed by atoms with Crippen LogP contribution in [0.4, 0.5) is 17.3 Å². The second kappa shape index (κ2) is 7.43. The van der Waals surface area contributed by atoms with E-state index < -0.39 is 5.91 Å². The predicted molar refractivity (Wildman–Crippen MR) is 95.9 cm³/mol. The Bertz CT molecular complexity index is 950. The maximum atomic E-state index is 12.3. The Balaban J connectivity index is 1.73. The summed E-state index contributed by atoms with van der Waals surface area (Å²) in [6.45, 7) is 0. The minimum absolute atomic E-state index is 0.275. The summed E-state index contributed by atoms with van der Waals surface area (Å²) in [5.74, 6) is -0.0749. The Morgan fingerprint density at radius 2 is 1.64 bits per heavy atom. The molecule has 25 heavy (non-hydrogen) atoms. The van der Waals surface area contributed by atoms with Gasteiger partial charge in [0.1, 0.15) is 6.07 Å². The number of amides is 1. The van der Waals surface area contributed by atoms with Gasteiger partial charge in [-0.1, -0.05) is 35.9 Å². The molecule has 0 saturated carbocycles. The lowest BCUT2D eigenvalue weighted by Gasteiger charge is -2.08. The van der Waals surface area contributed by atoms with Crippen LogP contribution >= 0.6 is 11.6 Å². The number of aromatic nitrogens is 2. The van der Waals surface area contributed by atoms with Crippen molar-refractivity contribution in [2.75, 3.05) is 10.6 Å². The van der Waals surface area contributed by atoms with Gasteiger partial charge in [0, 0.05) is 12.4 Å². The fourth-order valence-electron chi connectivity index (χ4n) is 2.08. The van der Waals surface area contributed by atoms with E-state index in [0.717, 1.165) is 0 Å². The van der Waals surface area contributed by atoms with Crippen molar-refractivity contribution in [3.05, 3.63) is 77.1 Å². The van der Waals surface area contributed by atoms with Gasteiger partial charge in [0.2, 0.25) is 5.95 Å². The highest BCUT2D eigenvalue weighted by Crippen LogP contribution is 2.23. The third kappa shape index (κ3) is 3.91. The van der Waals surface area contributed by atoms with Crippen molar-refractivity contribution >= 4 is 34.8 Å². The van der Waals surface area contributed by atoms with Gasteiger partial charge in [-0.2, -0.15) is 5.26 Å². The second-order valence-corrected chi connectivity index (χ2v) is 5.42. The van der Waals surface area contributed by atoms with Crippen molar-refractivity contribution in [1.82, 2.24) is 9.97 Å². The molecule has 122 valence electrons. The zero-order valence-corrected chi connectivity index (χ0v) is 13.7. The van der Waals surface area contributed by atoms with E-state index >= 15 is 0 Å². The standard InChI is InChI=1S/C18H12ClN5O/c19-14-6-2-4-8-16(14)24-18-21-10-13(11-22-18)17(25)23-15-7-3-1-5-12(15)9-20/h1-8,10-11H,(H,23,25)(H,21,22,24). The van der Waals surface area contributed by atoms with Crippen LogP contribution in [-0.4, -0.2) is 15.9 Å². The monoisotopic (exact) mass is 349 g/mol. The third-order valence-corrected chi connectivity index (χ3v) is 3.66. The first-order valence-corrected chi connectivity index (χ1v) is 7.69. The molecule has 7 heteroatoms. The second-order valence-electron chi connectivity index (χ2n) is 5.01. The van der Waals surface area contributed by atoms with Crippen LogP contribution in [0.5, 0.6) is 0 Å². The number of nitriles is 1. The minimum atomic E-state index is -0.396. The van der Waals surface area contributed by atoms with Crippen molar-refractivity contribution in [2.24, 2.45) is 0 Å². The summed E-state index contributed by atoms with van der Waals surface area (Å²) in [5.41, 5.74) is 1.77. The van der Waals surface area contributed by atoms with Crippen molar-refractivity contribution in [2.45, 2.75) is 0 Å². The van der Waals surface area contributed by atoms with Gasteiger partial charge in [0.15, 0.2) is 0 Å². The van der Waals surface area contributed by atoms with Gasteiger partial charge in [-0.05, 0) is 24.3 Å². The van der Waals surface area contributed by atoms with Crippen LogP contribution < -0.4 is 10.6 Å². The van der Waals surface area contributed by atoms with Gasteiger partial charge < -0.3 is 10.6 Å². The summed E-state index contributed by atoms with van der Waals surface area (Å²) in [7, 11) is 0. The van der Waals surface area contributed by atoms with E-state index in [1.165, 1.54) is 12.4 Å². The number of nitrogens with one attached hydrogen (secondary N) is 2. The molecule has 0 spiro atoms. The summed E-state index contributed by atoms with van der Waals surface area (Å²) in [6, 6.07) is 16.0. The number of hydrogen-bond acceptors (Lipinski definition) is 5. The summed E-state index contributed by atoms with van der Waals surface area (Å²) in [5, 5.41) is 15.2. The molecule has 1 amide bonds. The van der Waals surface area contributed by atoms with Gasteiger partial charge in [0.25, 0.3) is 5.91 Å². The van der Waals surface area contributed by atoms with Gasteiger partial charge in [-0.25, -0.2) is 9.97 Å². The topological polar surface area (TPSA) is 90.7 Å². The van der Waals surface area contributed by atoms with Crippen LogP contribution in [0.15, 0.2) is 60.9 Å². The average molecular weight is 350 g/mol. The quantitative estimate of drug-likeness (QED) is 0.743. The van der Waals surface area contributed by atoms with Crippen LogP contribution in [0, 0.1) is 11.3 Å². The molecule has 1 heterocycles. The van der Waals surface area contributed by atoms with Gasteiger partial charge in [-0.3, -0.25) is 4.79 Å². The molecule has 0 unspecified atom stereocenters. The number of para-hydroxylation sites is 2. The third-order valence-electron chi connectivity index (χ3n) is 3.33. The first-order valence-electron chi connectivity index (χ1n) is 7.31. The van der Waals surface area contributed by atoms with Crippen molar-refractivity contribution in [1.29, 1.82) is 5.26 Å². The first-order chi connectivity index (χ1) is 12.2. The molecule has 6 nitrogen and oxygen atoms in total.